The van der Waals surface area contributed by atoms with Crippen LogP contribution in [0.1, 0.15) is 42.6 Å². The van der Waals surface area contributed by atoms with Crippen molar-refractivity contribution in [3.05, 3.63) is 59.3 Å². The van der Waals surface area contributed by atoms with Crippen molar-refractivity contribution >= 4 is 22.5 Å². The number of anilines is 2. The fourth-order valence-electron chi connectivity index (χ4n) is 5.58. The van der Waals surface area contributed by atoms with Crippen LogP contribution in [-0.2, 0) is 27.1 Å². The molecular formula is C28H30FN9. The van der Waals surface area contributed by atoms with E-state index in [2.05, 4.69) is 38.5 Å². The van der Waals surface area contributed by atoms with Gasteiger partial charge in [0.1, 0.15) is 11.6 Å². The monoisotopic (exact) mass is 511 g/mol. The molecular weight excluding hydrogens is 481 g/mol. The van der Waals surface area contributed by atoms with E-state index in [9.17, 15) is 0 Å². The number of benzene rings is 2. The molecule has 4 heterocycles. The minimum Gasteiger partial charge on any atom is -0.330 e. The van der Waals surface area contributed by atoms with Crippen LogP contribution in [0, 0.1) is 5.82 Å². The quantitative estimate of drug-likeness (QED) is 0.337. The third-order valence-electron chi connectivity index (χ3n) is 7.91. The van der Waals surface area contributed by atoms with Gasteiger partial charge in [-0.05, 0) is 55.1 Å². The van der Waals surface area contributed by atoms with Crippen molar-refractivity contribution in [1.82, 2.24) is 39.4 Å². The van der Waals surface area contributed by atoms with Crippen LogP contribution in [0.25, 0.3) is 33.7 Å². The lowest BCUT2D eigenvalue weighted by Gasteiger charge is -2.25. The highest BCUT2D eigenvalue weighted by Gasteiger charge is 2.29. The van der Waals surface area contributed by atoms with Crippen molar-refractivity contribution in [3.63, 3.8) is 0 Å². The van der Waals surface area contributed by atoms with Gasteiger partial charge >= 0.3 is 0 Å². The number of aromatic amines is 1. The molecule has 9 nitrogen and oxygen atoms in total. The first-order valence-corrected chi connectivity index (χ1v) is 13.2. The number of nitrogens with one attached hydrogen (secondary N) is 2. The average Bonchev–Trinajstić information content (AvgIpc) is 3.39. The van der Waals surface area contributed by atoms with Gasteiger partial charge in [0.05, 0.1) is 28.7 Å². The summed E-state index contributed by atoms with van der Waals surface area (Å²) < 4.78 is 19.2. The maximum atomic E-state index is 15.5. The maximum Gasteiger partial charge on any atom is 0.225 e. The number of fused-ring (bicyclic) bond motifs is 2. The molecule has 0 spiro atoms. The van der Waals surface area contributed by atoms with Gasteiger partial charge < -0.3 is 9.88 Å². The number of halogens is 1. The molecule has 3 aromatic heterocycles. The third kappa shape index (κ3) is 3.78. The van der Waals surface area contributed by atoms with Crippen molar-refractivity contribution in [2.24, 2.45) is 14.1 Å². The Morgan fingerprint density at radius 2 is 2.00 bits per heavy atom. The summed E-state index contributed by atoms with van der Waals surface area (Å²) in [7, 11) is 3.82. The molecule has 10 heteroatoms. The van der Waals surface area contributed by atoms with Crippen LogP contribution < -0.4 is 5.32 Å². The van der Waals surface area contributed by atoms with Gasteiger partial charge in [0.2, 0.25) is 5.95 Å². The number of likely N-dealkylation sites (N-methyl/N-ethyl adjacent to an activating group) is 1. The maximum absolute atomic E-state index is 15.5. The smallest absolute Gasteiger partial charge is 0.225 e. The lowest BCUT2D eigenvalue weighted by Crippen LogP contribution is -2.31. The Balaban J connectivity index is 1.19. The second-order valence-corrected chi connectivity index (χ2v) is 10.3. The number of nitrogens with zero attached hydrogens (tertiary/aromatic N) is 7. The van der Waals surface area contributed by atoms with Crippen LogP contribution in [0.2, 0.25) is 0 Å². The summed E-state index contributed by atoms with van der Waals surface area (Å²) in [5, 5.41) is 16.5. The first-order valence-electron chi connectivity index (χ1n) is 13.2. The van der Waals surface area contributed by atoms with E-state index in [0.29, 0.717) is 34.6 Å². The number of rotatable bonds is 6. The zero-order valence-electron chi connectivity index (χ0n) is 21.8. The standard InChI is InChI=1S/C28H30FN9/c1-4-38-12-11-22-24(15-38)36(2)27(31-22)18-8-7-17(13-20(18)29)26-33-28(37(3)35-26)32-23-10-9-21-19(14-30-34-21)25(23)16-5-6-16/h7-10,13-14,16H,4-6,11-12,15H2,1-3H3,(H,30,34)(H,32,33,35). The Morgan fingerprint density at radius 1 is 1.13 bits per heavy atom. The minimum absolute atomic E-state index is 0.330. The predicted molar refractivity (Wildman–Crippen MR) is 145 cm³/mol. The number of hydrogen-bond acceptors (Lipinski definition) is 6. The van der Waals surface area contributed by atoms with Gasteiger partial charge in [0, 0.05) is 50.2 Å². The van der Waals surface area contributed by atoms with E-state index in [1.54, 1.807) is 10.7 Å². The molecule has 7 rings (SSSR count). The van der Waals surface area contributed by atoms with Gasteiger partial charge in [-0.1, -0.05) is 13.0 Å². The molecule has 194 valence electrons. The second kappa shape index (κ2) is 8.76. The lowest BCUT2D eigenvalue weighted by molar-refractivity contribution is 0.260. The normalized spacial score (nSPS) is 15.8. The van der Waals surface area contributed by atoms with Gasteiger partial charge in [-0.2, -0.15) is 10.1 Å². The topological polar surface area (TPSA) is 92.5 Å². The van der Waals surface area contributed by atoms with E-state index in [4.69, 9.17) is 9.97 Å². The highest BCUT2D eigenvalue weighted by molar-refractivity contribution is 5.89. The zero-order valence-corrected chi connectivity index (χ0v) is 21.8. The van der Waals surface area contributed by atoms with Crippen LogP contribution in [-0.4, -0.2) is 52.5 Å². The van der Waals surface area contributed by atoms with Crippen LogP contribution in [0.3, 0.4) is 0 Å². The second-order valence-electron chi connectivity index (χ2n) is 10.3. The Morgan fingerprint density at radius 3 is 2.79 bits per heavy atom. The van der Waals surface area contributed by atoms with Crippen LogP contribution in [0.15, 0.2) is 36.5 Å². The number of aryl methyl sites for hydroxylation is 1. The molecule has 1 aliphatic heterocycles. The first-order chi connectivity index (χ1) is 18.5. The predicted octanol–water partition coefficient (Wildman–Crippen LogP) is 4.90. The van der Waals surface area contributed by atoms with Crippen molar-refractivity contribution in [3.8, 4) is 22.8 Å². The molecule has 0 saturated heterocycles. The molecule has 1 saturated carbocycles. The fourth-order valence-corrected chi connectivity index (χ4v) is 5.58. The molecule has 2 aromatic carbocycles. The SMILES string of the molecule is CCN1CCc2nc(-c3ccc(-c4nc(Nc5ccc6[nH]ncc6c5C5CC5)n(C)n4)cc3F)n(C)c2C1. The van der Waals surface area contributed by atoms with Gasteiger partial charge in [0.15, 0.2) is 5.82 Å². The average molecular weight is 512 g/mol. The third-order valence-corrected chi connectivity index (χ3v) is 7.91. The van der Waals surface area contributed by atoms with Gasteiger partial charge in [0.25, 0.3) is 0 Å². The molecule has 1 fully saturated rings. The Hall–Kier alpha value is -4.05. The summed E-state index contributed by atoms with van der Waals surface area (Å²) in [6, 6.07) is 9.25. The van der Waals surface area contributed by atoms with E-state index in [-0.39, 0.29) is 5.82 Å². The summed E-state index contributed by atoms with van der Waals surface area (Å²) in [4.78, 5) is 11.9. The van der Waals surface area contributed by atoms with E-state index in [1.807, 2.05) is 37.0 Å². The van der Waals surface area contributed by atoms with Gasteiger partial charge in [-0.3, -0.25) is 10.00 Å². The summed E-state index contributed by atoms with van der Waals surface area (Å²) in [5.74, 6) is 1.93. The van der Waals surface area contributed by atoms with E-state index < -0.39 is 0 Å². The zero-order chi connectivity index (χ0) is 26.0. The fraction of sp³-hybridized carbons (Fsp3) is 0.357. The van der Waals surface area contributed by atoms with Crippen LogP contribution in [0.5, 0.6) is 0 Å². The minimum atomic E-state index is -0.330. The number of aromatic nitrogens is 7. The lowest BCUT2D eigenvalue weighted by atomic mass is 10.0. The molecule has 2 N–H and O–H groups in total. The molecule has 38 heavy (non-hydrogen) atoms. The highest BCUT2D eigenvalue weighted by atomic mass is 19.1. The molecule has 1 aliphatic carbocycles. The summed E-state index contributed by atoms with van der Waals surface area (Å²) in [5.41, 5.74) is 6.64. The van der Waals surface area contributed by atoms with Gasteiger partial charge in [-0.25, -0.2) is 14.1 Å². The van der Waals surface area contributed by atoms with Crippen molar-refractivity contribution in [2.75, 3.05) is 18.4 Å². The van der Waals surface area contributed by atoms with E-state index >= 15 is 4.39 Å². The molecule has 5 aromatic rings. The molecule has 0 unspecified atom stereocenters. The summed E-state index contributed by atoms with van der Waals surface area (Å²) in [6.07, 6.45) is 5.12. The number of hydrogen-bond donors (Lipinski definition) is 2. The highest BCUT2D eigenvalue weighted by Crippen LogP contribution is 2.47. The van der Waals surface area contributed by atoms with Crippen molar-refractivity contribution < 1.29 is 4.39 Å². The van der Waals surface area contributed by atoms with Gasteiger partial charge in [-0.15, -0.1) is 5.10 Å². The van der Waals surface area contributed by atoms with E-state index in [0.717, 1.165) is 54.0 Å². The number of imidazole rings is 1. The molecule has 0 atom stereocenters. The van der Waals surface area contributed by atoms with Crippen molar-refractivity contribution in [1.29, 1.82) is 0 Å². The van der Waals surface area contributed by atoms with Crippen LogP contribution >= 0.6 is 0 Å². The molecule has 0 amide bonds. The van der Waals surface area contributed by atoms with Crippen LogP contribution in [0.4, 0.5) is 16.0 Å². The molecule has 0 bridgehead atoms. The number of H-pyrrole nitrogens is 1. The first kappa shape index (κ1) is 23.1. The largest absolute Gasteiger partial charge is 0.330 e. The van der Waals surface area contributed by atoms with Crippen molar-refractivity contribution in [2.45, 2.75) is 38.6 Å². The Labute approximate surface area is 219 Å². The summed E-state index contributed by atoms with van der Waals surface area (Å²) in [6.45, 7) is 4.99. The molecule has 2 aliphatic rings. The molecule has 0 radical (unpaired) electrons. The Kier molecular flexibility index (Phi) is 5.33. The summed E-state index contributed by atoms with van der Waals surface area (Å²) >= 11 is 0. The Bertz CT molecular complexity index is 1670. The van der Waals surface area contributed by atoms with E-state index in [1.165, 1.54) is 24.5 Å².